The van der Waals surface area contributed by atoms with Crippen molar-refractivity contribution in [3.63, 3.8) is 0 Å². The fourth-order valence-corrected chi connectivity index (χ4v) is 1.68. The predicted octanol–water partition coefficient (Wildman–Crippen LogP) is 1.80. The van der Waals surface area contributed by atoms with Crippen molar-refractivity contribution in [3.05, 3.63) is 12.2 Å². The molecule has 0 bridgehead atoms. The Morgan fingerprint density at radius 3 is 2.70 bits per heavy atom. The van der Waals surface area contributed by atoms with E-state index in [1.54, 1.807) is 0 Å². The summed E-state index contributed by atoms with van der Waals surface area (Å²) in [5.41, 5.74) is 1.44. The molecule has 0 N–H and O–H groups in total. The molecule has 0 amide bonds. The standard InChI is InChI=1S/C9H18N/c1-4-10(3)7-5-6-9(2)8-10/h2,4-8H2,1,3H3/q+1. The smallest absolute Gasteiger partial charge is 0.0998 e. The minimum Gasteiger partial charge on any atom is -0.323 e. The van der Waals surface area contributed by atoms with Gasteiger partial charge in [0.05, 0.1) is 26.7 Å². The van der Waals surface area contributed by atoms with Gasteiger partial charge in [0.1, 0.15) is 0 Å². The number of likely N-dealkylation sites (N-methyl/N-ethyl adjacent to an activating group) is 1. The van der Waals surface area contributed by atoms with Crippen molar-refractivity contribution in [1.82, 2.24) is 0 Å². The Bertz CT molecular complexity index is 140. The first-order valence-corrected chi connectivity index (χ1v) is 4.16. The molecule has 1 unspecified atom stereocenters. The highest BCUT2D eigenvalue weighted by Gasteiger charge is 2.23. The molecule has 1 heteroatoms. The van der Waals surface area contributed by atoms with Crippen LogP contribution in [0, 0.1) is 0 Å². The quantitative estimate of drug-likeness (QED) is 0.385. The number of likely N-dealkylation sites (tertiary alicyclic amines) is 1. The van der Waals surface area contributed by atoms with E-state index in [-0.39, 0.29) is 0 Å². The van der Waals surface area contributed by atoms with E-state index in [0.717, 1.165) is 0 Å². The lowest BCUT2D eigenvalue weighted by molar-refractivity contribution is -0.906. The molecule has 0 aromatic rings. The monoisotopic (exact) mass is 140 g/mol. The highest BCUT2D eigenvalue weighted by atomic mass is 15.3. The fraction of sp³-hybridized carbons (Fsp3) is 0.778. The maximum Gasteiger partial charge on any atom is 0.0998 e. The molecule has 0 spiro atoms. The van der Waals surface area contributed by atoms with E-state index in [4.69, 9.17) is 0 Å². The Labute approximate surface area is 63.9 Å². The van der Waals surface area contributed by atoms with Gasteiger partial charge >= 0.3 is 0 Å². The lowest BCUT2D eigenvalue weighted by Crippen LogP contribution is -2.48. The first kappa shape index (κ1) is 7.80. The summed E-state index contributed by atoms with van der Waals surface area (Å²) in [6.45, 7) is 10.1. The highest BCUT2D eigenvalue weighted by molar-refractivity contribution is 4.96. The maximum atomic E-state index is 4.04. The summed E-state index contributed by atoms with van der Waals surface area (Å²) in [5, 5.41) is 0. The van der Waals surface area contributed by atoms with Crippen LogP contribution in [0.3, 0.4) is 0 Å². The van der Waals surface area contributed by atoms with Crippen LogP contribution in [0.15, 0.2) is 12.2 Å². The third kappa shape index (κ3) is 1.60. The van der Waals surface area contributed by atoms with Gasteiger partial charge in [-0.05, 0) is 18.9 Å². The summed E-state index contributed by atoms with van der Waals surface area (Å²) in [6, 6.07) is 0. The molecule has 1 atom stereocenters. The van der Waals surface area contributed by atoms with Crippen molar-refractivity contribution in [1.29, 1.82) is 0 Å². The third-order valence-electron chi connectivity index (χ3n) is 2.60. The number of rotatable bonds is 1. The van der Waals surface area contributed by atoms with Gasteiger partial charge in [0.2, 0.25) is 0 Å². The lowest BCUT2D eigenvalue weighted by atomic mass is 10.0. The molecule has 1 aliphatic heterocycles. The highest BCUT2D eigenvalue weighted by Crippen LogP contribution is 2.18. The van der Waals surface area contributed by atoms with E-state index in [0.29, 0.717) is 0 Å². The molecule has 0 aliphatic carbocycles. The number of piperidine rings is 1. The number of nitrogens with zero attached hydrogens (tertiary/aromatic N) is 1. The SMILES string of the molecule is C=C1CCC[N+](C)(CC)C1. The summed E-state index contributed by atoms with van der Waals surface area (Å²) in [6.07, 6.45) is 2.59. The largest absolute Gasteiger partial charge is 0.323 e. The minimum absolute atomic E-state index is 1.20. The van der Waals surface area contributed by atoms with E-state index in [1.807, 2.05) is 0 Å². The van der Waals surface area contributed by atoms with Crippen LogP contribution < -0.4 is 0 Å². The lowest BCUT2D eigenvalue weighted by Gasteiger charge is -2.37. The molecule has 1 saturated heterocycles. The van der Waals surface area contributed by atoms with Gasteiger partial charge in [-0.25, -0.2) is 0 Å². The summed E-state index contributed by atoms with van der Waals surface area (Å²) in [5.74, 6) is 0. The Balaban J connectivity index is 2.53. The molecular formula is C9H18N+. The van der Waals surface area contributed by atoms with Gasteiger partial charge in [-0.3, -0.25) is 0 Å². The average Bonchev–Trinajstić information content (AvgIpc) is 1.88. The molecule has 10 heavy (non-hydrogen) atoms. The van der Waals surface area contributed by atoms with Crippen LogP contribution in [0.1, 0.15) is 19.8 Å². The van der Waals surface area contributed by atoms with Gasteiger partial charge in [0.15, 0.2) is 0 Å². The van der Waals surface area contributed by atoms with E-state index < -0.39 is 0 Å². The van der Waals surface area contributed by atoms with Crippen molar-refractivity contribution in [2.24, 2.45) is 0 Å². The molecule has 58 valence electrons. The zero-order valence-corrected chi connectivity index (χ0v) is 7.19. The molecule has 1 heterocycles. The zero-order chi connectivity index (χ0) is 7.61. The van der Waals surface area contributed by atoms with Crippen LogP contribution in [0.4, 0.5) is 0 Å². The first-order chi connectivity index (χ1) is 4.66. The van der Waals surface area contributed by atoms with Crippen molar-refractivity contribution in [2.75, 3.05) is 26.7 Å². The molecule has 0 aromatic heterocycles. The second kappa shape index (κ2) is 2.75. The van der Waals surface area contributed by atoms with Crippen molar-refractivity contribution < 1.29 is 4.48 Å². The molecular weight excluding hydrogens is 122 g/mol. The van der Waals surface area contributed by atoms with Crippen LogP contribution in [-0.4, -0.2) is 31.2 Å². The topological polar surface area (TPSA) is 0 Å². The molecule has 1 fully saturated rings. The molecule has 0 aromatic carbocycles. The van der Waals surface area contributed by atoms with E-state index in [9.17, 15) is 0 Å². The van der Waals surface area contributed by atoms with E-state index in [2.05, 4.69) is 20.6 Å². The van der Waals surface area contributed by atoms with Crippen LogP contribution in [0.5, 0.6) is 0 Å². The average molecular weight is 140 g/mol. The van der Waals surface area contributed by atoms with E-state index >= 15 is 0 Å². The Kier molecular flexibility index (Phi) is 2.14. The first-order valence-electron chi connectivity index (χ1n) is 4.16. The Hall–Kier alpha value is -0.300. The molecule has 1 rings (SSSR count). The van der Waals surface area contributed by atoms with Crippen molar-refractivity contribution in [3.8, 4) is 0 Å². The number of hydrogen-bond donors (Lipinski definition) is 0. The van der Waals surface area contributed by atoms with Crippen LogP contribution in [-0.2, 0) is 0 Å². The van der Waals surface area contributed by atoms with Gasteiger partial charge in [-0.15, -0.1) is 0 Å². The molecule has 1 aliphatic rings. The summed E-state index contributed by atoms with van der Waals surface area (Å²) in [4.78, 5) is 0. The van der Waals surface area contributed by atoms with Gasteiger partial charge in [-0.1, -0.05) is 6.58 Å². The van der Waals surface area contributed by atoms with Gasteiger partial charge in [0.25, 0.3) is 0 Å². The summed E-state index contributed by atoms with van der Waals surface area (Å²) >= 11 is 0. The second-order valence-electron chi connectivity index (χ2n) is 3.67. The fourth-order valence-electron chi connectivity index (χ4n) is 1.68. The second-order valence-corrected chi connectivity index (χ2v) is 3.67. The Morgan fingerprint density at radius 1 is 1.60 bits per heavy atom. The van der Waals surface area contributed by atoms with Gasteiger partial charge in [-0.2, -0.15) is 0 Å². The predicted molar refractivity (Wildman–Crippen MR) is 44.8 cm³/mol. The van der Waals surface area contributed by atoms with Crippen LogP contribution in [0.2, 0.25) is 0 Å². The molecule has 0 radical (unpaired) electrons. The van der Waals surface area contributed by atoms with Crippen LogP contribution in [0.25, 0.3) is 0 Å². The molecule has 0 saturated carbocycles. The van der Waals surface area contributed by atoms with E-state index in [1.165, 1.54) is 42.5 Å². The minimum atomic E-state index is 1.20. The van der Waals surface area contributed by atoms with Gasteiger partial charge in [0, 0.05) is 6.42 Å². The van der Waals surface area contributed by atoms with Crippen molar-refractivity contribution >= 4 is 0 Å². The van der Waals surface area contributed by atoms with Crippen LogP contribution >= 0.6 is 0 Å². The van der Waals surface area contributed by atoms with Crippen molar-refractivity contribution in [2.45, 2.75) is 19.8 Å². The third-order valence-corrected chi connectivity index (χ3v) is 2.60. The number of hydrogen-bond acceptors (Lipinski definition) is 0. The zero-order valence-electron chi connectivity index (χ0n) is 7.19. The maximum absolute atomic E-state index is 4.04. The summed E-state index contributed by atoms with van der Waals surface area (Å²) < 4.78 is 1.21. The molecule has 1 nitrogen and oxygen atoms in total. The van der Waals surface area contributed by atoms with Gasteiger partial charge < -0.3 is 4.48 Å². The normalized spacial score (nSPS) is 34.4. The summed E-state index contributed by atoms with van der Waals surface area (Å²) in [7, 11) is 2.32. The number of quaternary nitrogens is 1. The Morgan fingerprint density at radius 2 is 2.30 bits per heavy atom.